The molecule has 0 aliphatic heterocycles. The summed E-state index contributed by atoms with van der Waals surface area (Å²) in [5.74, 6) is 0.137. The van der Waals surface area contributed by atoms with Gasteiger partial charge in [0, 0.05) is 13.6 Å². The topological polar surface area (TPSA) is 20.3 Å². The number of rotatable bonds is 10. The molecule has 0 saturated heterocycles. The maximum absolute atomic E-state index is 11.1. The van der Waals surface area contributed by atoms with Gasteiger partial charge in [-0.3, -0.25) is 4.79 Å². The average molecular weight is 248 g/mol. The van der Waals surface area contributed by atoms with E-state index in [-0.39, 0.29) is 11.8 Å². The predicted octanol–water partition coefficient (Wildman–Crippen LogP) is 3.82. The summed E-state index contributed by atoms with van der Waals surface area (Å²) in [6.07, 6.45) is 10.4. The van der Waals surface area contributed by atoms with Crippen LogP contribution in [0.3, 0.4) is 0 Å². The molecule has 96 valence electrons. The molecule has 0 unspecified atom stereocenters. The van der Waals surface area contributed by atoms with Gasteiger partial charge in [0.15, 0.2) is 0 Å². The van der Waals surface area contributed by atoms with Crippen molar-refractivity contribution in [2.24, 2.45) is 0 Å². The van der Waals surface area contributed by atoms with Crippen molar-refractivity contribution in [1.29, 1.82) is 0 Å². The molecular weight excluding hydrogens is 222 g/mol. The number of carbonyl (C=O) groups is 1. The molecular formula is C13H26ClNO. The monoisotopic (exact) mass is 247 g/mol. The van der Waals surface area contributed by atoms with Crippen molar-refractivity contribution in [3.8, 4) is 0 Å². The van der Waals surface area contributed by atoms with Crippen LogP contribution < -0.4 is 0 Å². The second-order valence-electron chi connectivity index (χ2n) is 4.42. The maximum Gasteiger partial charge on any atom is 0.237 e. The van der Waals surface area contributed by atoms with Crippen molar-refractivity contribution in [3.05, 3.63) is 0 Å². The molecule has 0 bridgehead atoms. The molecule has 0 aliphatic carbocycles. The third kappa shape index (κ3) is 9.02. The van der Waals surface area contributed by atoms with E-state index in [0.717, 1.165) is 13.0 Å². The summed E-state index contributed by atoms with van der Waals surface area (Å²) < 4.78 is 0. The highest BCUT2D eigenvalue weighted by Crippen LogP contribution is 2.08. The van der Waals surface area contributed by atoms with Crippen LogP contribution in [0.4, 0.5) is 0 Å². The van der Waals surface area contributed by atoms with Gasteiger partial charge in [0.05, 0.1) is 0 Å². The molecule has 0 atom stereocenters. The molecule has 1 amide bonds. The van der Waals surface area contributed by atoms with Gasteiger partial charge in [-0.25, -0.2) is 0 Å². The molecule has 0 aromatic rings. The van der Waals surface area contributed by atoms with E-state index in [4.69, 9.17) is 11.6 Å². The third-order valence-corrected chi connectivity index (χ3v) is 3.12. The SMILES string of the molecule is CCCCCCCCCCN(C)C(=O)CCl. The largest absolute Gasteiger partial charge is 0.345 e. The number of hydrogen-bond acceptors (Lipinski definition) is 1. The van der Waals surface area contributed by atoms with Crippen LogP contribution in [0.5, 0.6) is 0 Å². The van der Waals surface area contributed by atoms with Gasteiger partial charge in [-0.15, -0.1) is 11.6 Å². The van der Waals surface area contributed by atoms with Crippen LogP contribution in [0.25, 0.3) is 0 Å². The normalized spacial score (nSPS) is 10.4. The summed E-state index contributed by atoms with van der Waals surface area (Å²) in [5.41, 5.74) is 0. The van der Waals surface area contributed by atoms with E-state index in [0.29, 0.717) is 0 Å². The quantitative estimate of drug-likeness (QED) is 0.425. The molecule has 0 saturated carbocycles. The Morgan fingerprint density at radius 3 is 2.00 bits per heavy atom. The van der Waals surface area contributed by atoms with Gasteiger partial charge >= 0.3 is 0 Å². The summed E-state index contributed by atoms with van der Waals surface area (Å²) in [6.45, 7) is 3.09. The van der Waals surface area contributed by atoms with Crippen molar-refractivity contribution >= 4 is 17.5 Å². The van der Waals surface area contributed by atoms with Gasteiger partial charge in [-0.05, 0) is 6.42 Å². The van der Waals surface area contributed by atoms with Crippen LogP contribution in [0, 0.1) is 0 Å². The highest BCUT2D eigenvalue weighted by atomic mass is 35.5. The minimum atomic E-state index is 0.0320. The first-order chi connectivity index (χ1) is 7.72. The summed E-state index contributed by atoms with van der Waals surface area (Å²) in [6, 6.07) is 0. The molecule has 0 aromatic heterocycles. The van der Waals surface area contributed by atoms with Crippen molar-refractivity contribution in [3.63, 3.8) is 0 Å². The van der Waals surface area contributed by atoms with E-state index in [1.165, 1.54) is 44.9 Å². The van der Waals surface area contributed by atoms with Crippen LogP contribution in [-0.4, -0.2) is 30.3 Å². The van der Waals surface area contributed by atoms with E-state index >= 15 is 0 Å². The first-order valence-electron chi connectivity index (χ1n) is 6.52. The van der Waals surface area contributed by atoms with E-state index in [1.807, 2.05) is 7.05 Å². The van der Waals surface area contributed by atoms with Crippen molar-refractivity contribution in [2.45, 2.75) is 58.3 Å². The number of alkyl halides is 1. The highest BCUT2D eigenvalue weighted by Gasteiger charge is 2.05. The Morgan fingerprint density at radius 2 is 1.50 bits per heavy atom. The molecule has 0 radical (unpaired) electrons. The van der Waals surface area contributed by atoms with Gasteiger partial charge in [-0.2, -0.15) is 0 Å². The van der Waals surface area contributed by atoms with Crippen LogP contribution in [0.2, 0.25) is 0 Å². The number of carbonyl (C=O) groups excluding carboxylic acids is 1. The van der Waals surface area contributed by atoms with Crippen molar-refractivity contribution in [1.82, 2.24) is 4.90 Å². The van der Waals surface area contributed by atoms with Crippen molar-refractivity contribution < 1.29 is 4.79 Å². The third-order valence-electron chi connectivity index (χ3n) is 2.89. The first-order valence-corrected chi connectivity index (χ1v) is 7.05. The molecule has 16 heavy (non-hydrogen) atoms. The molecule has 0 fully saturated rings. The van der Waals surface area contributed by atoms with E-state index in [2.05, 4.69) is 6.92 Å². The lowest BCUT2D eigenvalue weighted by molar-refractivity contribution is -0.127. The first kappa shape index (κ1) is 15.8. The summed E-state index contributed by atoms with van der Waals surface area (Å²) in [4.78, 5) is 12.9. The highest BCUT2D eigenvalue weighted by molar-refractivity contribution is 6.27. The zero-order chi connectivity index (χ0) is 12.2. The second kappa shape index (κ2) is 11.3. The van der Waals surface area contributed by atoms with E-state index < -0.39 is 0 Å². The number of nitrogens with zero attached hydrogens (tertiary/aromatic N) is 1. The van der Waals surface area contributed by atoms with Crippen LogP contribution in [0.15, 0.2) is 0 Å². The van der Waals surface area contributed by atoms with Gasteiger partial charge in [-0.1, -0.05) is 51.9 Å². The molecule has 0 aromatic carbocycles. The number of unbranched alkanes of at least 4 members (excludes halogenated alkanes) is 7. The Kier molecular flexibility index (Phi) is 11.1. The standard InChI is InChI=1S/C13H26ClNO/c1-3-4-5-6-7-8-9-10-11-15(2)13(16)12-14/h3-12H2,1-2H3. The molecule has 0 aliphatic rings. The zero-order valence-electron chi connectivity index (χ0n) is 10.8. The lowest BCUT2D eigenvalue weighted by atomic mass is 10.1. The second-order valence-corrected chi connectivity index (χ2v) is 4.69. The van der Waals surface area contributed by atoms with Gasteiger partial charge in [0.25, 0.3) is 0 Å². The molecule has 2 nitrogen and oxygen atoms in total. The Bertz CT molecular complexity index is 173. The van der Waals surface area contributed by atoms with Gasteiger partial charge in [0.1, 0.15) is 5.88 Å². The van der Waals surface area contributed by atoms with Crippen molar-refractivity contribution in [2.75, 3.05) is 19.5 Å². The number of amides is 1. The molecule has 0 spiro atoms. The molecule has 0 N–H and O–H groups in total. The van der Waals surface area contributed by atoms with Crippen LogP contribution in [0.1, 0.15) is 58.3 Å². The summed E-state index contributed by atoms with van der Waals surface area (Å²) in [5, 5.41) is 0. The number of hydrogen-bond donors (Lipinski definition) is 0. The number of halogens is 1. The lowest BCUT2D eigenvalue weighted by Crippen LogP contribution is -2.28. The summed E-state index contributed by atoms with van der Waals surface area (Å²) >= 11 is 5.47. The van der Waals surface area contributed by atoms with Crippen LogP contribution >= 0.6 is 11.6 Å². The van der Waals surface area contributed by atoms with E-state index in [1.54, 1.807) is 4.90 Å². The molecule has 0 rings (SSSR count). The minimum Gasteiger partial charge on any atom is -0.345 e. The summed E-state index contributed by atoms with van der Waals surface area (Å²) in [7, 11) is 1.83. The Morgan fingerprint density at radius 1 is 1.00 bits per heavy atom. The fourth-order valence-corrected chi connectivity index (χ4v) is 1.91. The maximum atomic E-state index is 11.1. The average Bonchev–Trinajstić information content (AvgIpc) is 2.31. The fourth-order valence-electron chi connectivity index (χ4n) is 1.71. The predicted molar refractivity (Wildman–Crippen MR) is 71.0 cm³/mol. The molecule has 3 heteroatoms. The lowest BCUT2D eigenvalue weighted by Gasteiger charge is -2.15. The van der Waals surface area contributed by atoms with Gasteiger partial charge < -0.3 is 4.90 Å². The minimum absolute atomic E-state index is 0.0320. The Balaban J connectivity index is 3.17. The Hall–Kier alpha value is -0.240. The van der Waals surface area contributed by atoms with E-state index in [9.17, 15) is 4.79 Å². The fraction of sp³-hybridized carbons (Fsp3) is 0.923. The Labute approximate surface area is 105 Å². The van der Waals surface area contributed by atoms with Gasteiger partial charge in [0.2, 0.25) is 5.91 Å². The molecule has 0 heterocycles. The zero-order valence-corrected chi connectivity index (χ0v) is 11.6. The smallest absolute Gasteiger partial charge is 0.237 e. The van der Waals surface area contributed by atoms with Crippen LogP contribution in [-0.2, 0) is 4.79 Å².